The van der Waals surface area contributed by atoms with E-state index in [0.717, 1.165) is 4.47 Å². The normalized spacial score (nSPS) is 19.1. The number of amides is 1. The molecule has 0 bridgehead atoms. The van der Waals surface area contributed by atoms with Crippen LogP contribution in [0.25, 0.3) is 0 Å². The molecule has 162 valence electrons. The molecule has 2 unspecified atom stereocenters. The number of aromatic nitrogens is 2. The topological polar surface area (TPSA) is 78.8 Å². The number of benzene rings is 1. The van der Waals surface area contributed by atoms with E-state index in [-0.39, 0.29) is 6.54 Å². The van der Waals surface area contributed by atoms with Gasteiger partial charge in [-0.2, -0.15) is 0 Å². The number of nitrogens with zero attached hydrogens (tertiary/aromatic N) is 4. The number of carbonyl (C=O) groups is 1. The fraction of sp³-hybridized carbons (Fsp3) is 0.450. The van der Waals surface area contributed by atoms with Gasteiger partial charge in [0, 0.05) is 35.5 Å². The van der Waals surface area contributed by atoms with Crippen LogP contribution in [0.4, 0.5) is 10.7 Å². The van der Waals surface area contributed by atoms with Crippen LogP contribution in [0.3, 0.4) is 0 Å². The van der Waals surface area contributed by atoms with Crippen molar-refractivity contribution in [1.29, 1.82) is 0 Å². The highest BCUT2D eigenvalue weighted by atomic mass is 79.9. The molecule has 1 amide bonds. The average molecular weight is 518 g/mol. The number of aliphatic hydroxyl groups is 1. The van der Waals surface area contributed by atoms with Crippen molar-refractivity contribution in [2.75, 3.05) is 18.0 Å². The Morgan fingerprint density at radius 1 is 1.30 bits per heavy atom. The molecule has 0 spiro atoms. The van der Waals surface area contributed by atoms with Gasteiger partial charge in [0.2, 0.25) is 5.95 Å². The molecule has 1 aliphatic rings. The summed E-state index contributed by atoms with van der Waals surface area (Å²) in [5, 5.41) is 11.7. The lowest BCUT2D eigenvalue weighted by Crippen LogP contribution is -2.48. The molecule has 2 aromatic rings. The van der Waals surface area contributed by atoms with Crippen molar-refractivity contribution in [3.05, 3.63) is 50.7 Å². The molecular weight excluding hydrogens is 495 g/mol. The summed E-state index contributed by atoms with van der Waals surface area (Å²) in [6.07, 6.45) is 1.94. The standard InChI is InChI=1S/C20H23BrCl2N4O3/c1-20(2,3)30-19(29)27(9-12-4-5-14(22)6-15(12)23)16-10-26(11-17(16)28)18-24-7-13(21)8-25-18/h4-8,16-17,28H,9-11H2,1-3H3. The lowest BCUT2D eigenvalue weighted by molar-refractivity contribution is 0.00142. The van der Waals surface area contributed by atoms with E-state index in [2.05, 4.69) is 25.9 Å². The summed E-state index contributed by atoms with van der Waals surface area (Å²) in [5.74, 6) is 0.480. The molecule has 1 aliphatic heterocycles. The summed E-state index contributed by atoms with van der Waals surface area (Å²) in [7, 11) is 0. The number of aliphatic hydroxyl groups excluding tert-OH is 1. The molecule has 2 heterocycles. The van der Waals surface area contributed by atoms with Gasteiger partial charge in [-0.25, -0.2) is 14.8 Å². The Hall–Kier alpha value is -1.61. The van der Waals surface area contributed by atoms with Crippen molar-refractivity contribution < 1.29 is 14.6 Å². The lowest BCUT2D eigenvalue weighted by Gasteiger charge is -2.33. The maximum Gasteiger partial charge on any atom is 0.410 e. The number of halogens is 3. The molecule has 1 N–H and O–H groups in total. The van der Waals surface area contributed by atoms with Crippen LogP contribution in [-0.2, 0) is 11.3 Å². The first-order valence-electron chi connectivity index (χ1n) is 9.37. The van der Waals surface area contributed by atoms with E-state index in [1.165, 1.54) is 4.90 Å². The highest BCUT2D eigenvalue weighted by Crippen LogP contribution is 2.28. The van der Waals surface area contributed by atoms with Gasteiger partial charge < -0.3 is 14.7 Å². The molecule has 1 aromatic heterocycles. The van der Waals surface area contributed by atoms with Gasteiger partial charge in [0.1, 0.15) is 5.60 Å². The first-order chi connectivity index (χ1) is 14.0. The fourth-order valence-corrected chi connectivity index (χ4v) is 3.85. The Labute approximate surface area is 194 Å². The van der Waals surface area contributed by atoms with Crippen LogP contribution in [0.1, 0.15) is 26.3 Å². The van der Waals surface area contributed by atoms with Gasteiger partial charge in [-0.05, 0) is 54.4 Å². The highest BCUT2D eigenvalue weighted by Gasteiger charge is 2.40. The smallest absolute Gasteiger partial charge is 0.410 e. The number of rotatable bonds is 4. The van der Waals surface area contributed by atoms with Crippen molar-refractivity contribution in [3.8, 4) is 0 Å². The summed E-state index contributed by atoms with van der Waals surface area (Å²) < 4.78 is 6.36. The molecule has 2 atom stereocenters. The fourth-order valence-electron chi connectivity index (χ4n) is 3.18. The van der Waals surface area contributed by atoms with E-state index in [0.29, 0.717) is 34.6 Å². The number of β-amino-alcohol motifs (C(OH)–C–C–N with tert-alkyl or cyclic N) is 1. The van der Waals surface area contributed by atoms with Gasteiger partial charge in [-0.1, -0.05) is 29.3 Å². The predicted octanol–water partition coefficient (Wildman–Crippen LogP) is 4.53. The van der Waals surface area contributed by atoms with Crippen LogP contribution in [0.5, 0.6) is 0 Å². The van der Waals surface area contributed by atoms with E-state index in [4.69, 9.17) is 27.9 Å². The molecule has 0 radical (unpaired) electrons. The number of carbonyl (C=O) groups excluding carboxylic acids is 1. The summed E-state index contributed by atoms with van der Waals surface area (Å²) >= 11 is 15.6. The minimum absolute atomic E-state index is 0.168. The largest absolute Gasteiger partial charge is 0.444 e. The Kier molecular flexibility index (Phi) is 7.12. The van der Waals surface area contributed by atoms with Gasteiger partial charge in [0.05, 0.1) is 23.2 Å². The zero-order valence-corrected chi connectivity index (χ0v) is 19.9. The summed E-state index contributed by atoms with van der Waals surface area (Å²) in [6.45, 7) is 6.21. The molecule has 0 aliphatic carbocycles. The quantitative estimate of drug-likeness (QED) is 0.641. The second-order valence-electron chi connectivity index (χ2n) is 8.08. The molecule has 1 aromatic carbocycles. The third-order valence-corrected chi connectivity index (χ3v) is 5.53. The minimum atomic E-state index is -0.809. The zero-order valence-electron chi connectivity index (χ0n) is 16.8. The van der Waals surface area contributed by atoms with Crippen molar-refractivity contribution in [2.24, 2.45) is 0 Å². The number of hydrogen-bond donors (Lipinski definition) is 1. The zero-order chi connectivity index (χ0) is 22.1. The third-order valence-electron chi connectivity index (χ3n) is 4.53. The van der Waals surface area contributed by atoms with Gasteiger partial charge >= 0.3 is 6.09 Å². The second kappa shape index (κ2) is 9.26. The molecule has 7 nitrogen and oxygen atoms in total. The first-order valence-corrected chi connectivity index (χ1v) is 10.9. The Morgan fingerprint density at radius 3 is 2.57 bits per heavy atom. The summed E-state index contributed by atoms with van der Waals surface area (Å²) in [5.41, 5.74) is 0.0226. The van der Waals surface area contributed by atoms with Crippen LogP contribution in [-0.4, -0.2) is 56.9 Å². The second-order valence-corrected chi connectivity index (χ2v) is 9.84. The molecule has 30 heavy (non-hydrogen) atoms. The molecule has 0 saturated carbocycles. The van der Waals surface area contributed by atoms with E-state index in [1.54, 1.807) is 51.4 Å². The van der Waals surface area contributed by atoms with Gasteiger partial charge in [0.25, 0.3) is 0 Å². The molecule has 10 heteroatoms. The predicted molar refractivity (Wildman–Crippen MR) is 120 cm³/mol. The Morgan fingerprint density at radius 2 is 1.97 bits per heavy atom. The SMILES string of the molecule is CC(C)(C)OC(=O)N(Cc1ccc(Cl)cc1Cl)C1CN(c2ncc(Br)cn2)CC1O. The number of ether oxygens (including phenoxy) is 1. The average Bonchev–Trinajstić information content (AvgIpc) is 3.01. The van der Waals surface area contributed by atoms with Crippen LogP contribution in [0.2, 0.25) is 10.0 Å². The van der Waals surface area contributed by atoms with E-state index < -0.39 is 23.8 Å². The van der Waals surface area contributed by atoms with Gasteiger partial charge in [-0.15, -0.1) is 0 Å². The van der Waals surface area contributed by atoms with Crippen LogP contribution in [0.15, 0.2) is 35.1 Å². The van der Waals surface area contributed by atoms with E-state index in [1.807, 2.05) is 4.90 Å². The Balaban J connectivity index is 1.86. The number of anilines is 1. The van der Waals surface area contributed by atoms with E-state index >= 15 is 0 Å². The molecule has 1 saturated heterocycles. The highest BCUT2D eigenvalue weighted by molar-refractivity contribution is 9.10. The monoisotopic (exact) mass is 516 g/mol. The minimum Gasteiger partial charge on any atom is -0.444 e. The van der Waals surface area contributed by atoms with Crippen molar-refractivity contribution >= 4 is 51.2 Å². The Bertz CT molecular complexity index is 908. The van der Waals surface area contributed by atoms with E-state index in [9.17, 15) is 9.90 Å². The maximum absolute atomic E-state index is 13.0. The van der Waals surface area contributed by atoms with Crippen LogP contribution >= 0.6 is 39.1 Å². The lowest BCUT2D eigenvalue weighted by atomic mass is 10.1. The van der Waals surface area contributed by atoms with Crippen molar-refractivity contribution in [2.45, 2.75) is 45.1 Å². The van der Waals surface area contributed by atoms with Crippen molar-refractivity contribution in [3.63, 3.8) is 0 Å². The molecule has 3 rings (SSSR count). The molecular formula is C20H23BrCl2N4O3. The summed E-state index contributed by atoms with van der Waals surface area (Å²) in [6, 6.07) is 4.57. The van der Waals surface area contributed by atoms with Crippen LogP contribution < -0.4 is 4.90 Å². The first kappa shape index (κ1) is 23.1. The number of hydrogen-bond acceptors (Lipinski definition) is 6. The van der Waals surface area contributed by atoms with Gasteiger partial charge in [0.15, 0.2) is 0 Å². The molecule has 1 fully saturated rings. The van der Waals surface area contributed by atoms with Crippen molar-refractivity contribution in [1.82, 2.24) is 14.9 Å². The maximum atomic E-state index is 13.0. The van der Waals surface area contributed by atoms with Crippen LogP contribution in [0, 0.1) is 0 Å². The summed E-state index contributed by atoms with van der Waals surface area (Å²) in [4.78, 5) is 24.9. The third kappa shape index (κ3) is 5.75. The van der Waals surface area contributed by atoms with Gasteiger partial charge in [-0.3, -0.25) is 4.90 Å².